The third-order valence-corrected chi connectivity index (χ3v) is 15.9. The molecule has 0 saturated heterocycles. The summed E-state index contributed by atoms with van der Waals surface area (Å²) in [5, 5.41) is 2.21. The number of hydrogen-bond donors (Lipinski definition) is 0. The predicted octanol–water partition coefficient (Wildman–Crippen LogP) is 17.3. The summed E-state index contributed by atoms with van der Waals surface area (Å²) in [4.78, 5) is 5.01. The quantitative estimate of drug-likeness (QED) is 0.0956. The van der Waals surface area contributed by atoms with E-state index in [1.54, 1.807) is 0 Å². The van der Waals surface area contributed by atoms with Crippen molar-refractivity contribution in [2.45, 2.75) is 136 Å². The molecule has 0 bridgehead atoms. The Balaban J connectivity index is 0.00000722. The molecule has 5 nitrogen and oxygen atoms in total. The van der Waals surface area contributed by atoms with E-state index in [-0.39, 0.29) is 42.7 Å². The van der Waals surface area contributed by atoms with Crippen LogP contribution in [0, 0.1) is 18.5 Å². The molecule has 0 aliphatic heterocycles. The van der Waals surface area contributed by atoms with Crippen LogP contribution in [0.5, 0.6) is 11.5 Å². The molecule has 6 heteroatoms. The fourth-order valence-corrected chi connectivity index (χ4v) is 10.9. The fourth-order valence-electron chi connectivity index (χ4n) is 10.9. The molecule has 0 atom stereocenters. The average molecular weight is 1190 g/mol. The Labute approximate surface area is 473 Å². The Kier molecular flexibility index (Phi) is 14.4. The molecule has 0 unspecified atom stereocenters. The zero-order valence-corrected chi connectivity index (χ0v) is 50.0. The smallest absolute Gasteiger partial charge is 0.267 e. The van der Waals surface area contributed by atoms with Crippen LogP contribution in [0.2, 0.25) is 0 Å². The van der Waals surface area contributed by atoms with Gasteiger partial charge in [-0.25, -0.2) is 4.98 Å². The third-order valence-electron chi connectivity index (χ3n) is 15.9. The molecule has 0 amide bonds. The van der Waals surface area contributed by atoms with Crippen LogP contribution in [0.1, 0.15) is 154 Å². The Hall–Kier alpha value is -6.81. The summed E-state index contributed by atoms with van der Waals surface area (Å²) >= 11 is 0. The van der Waals surface area contributed by atoms with Crippen molar-refractivity contribution in [2.75, 3.05) is 0 Å². The van der Waals surface area contributed by atoms with E-state index >= 15 is 0 Å². The van der Waals surface area contributed by atoms with Crippen molar-refractivity contribution < 1.29 is 30.4 Å². The van der Waals surface area contributed by atoms with Gasteiger partial charge in [0.15, 0.2) is 0 Å². The molecule has 10 aromatic rings. The van der Waals surface area contributed by atoms with E-state index in [0.717, 1.165) is 50.4 Å². The summed E-state index contributed by atoms with van der Waals surface area (Å²) < 4.78 is 13.8. The maximum absolute atomic E-state index is 6.95. The van der Waals surface area contributed by atoms with Crippen LogP contribution in [-0.4, -0.2) is 14.1 Å². The van der Waals surface area contributed by atoms with Gasteiger partial charge in [0.2, 0.25) is 0 Å². The molecule has 0 aliphatic carbocycles. The van der Waals surface area contributed by atoms with Gasteiger partial charge in [-0.3, -0.25) is 4.57 Å². The Bertz CT molecular complexity index is 3710. The molecule has 0 radical (unpaired) electrons. The van der Waals surface area contributed by atoms with E-state index in [1.807, 2.05) is 18.3 Å². The van der Waals surface area contributed by atoms with E-state index < -0.39 is 10.8 Å². The second-order valence-corrected chi connectivity index (χ2v) is 25.5. The molecule has 3 heterocycles. The predicted molar refractivity (Wildman–Crippen MR) is 314 cm³/mol. The van der Waals surface area contributed by atoms with Crippen molar-refractivity contribution in [1.82, 2.24) is 14.1 Å². The summed E-state index contributed by atoms with van der Waals surface area (Å²) in [7, 11) is 0. The van der Waals surface area contributed by atoms with Gasteiger partial charge in [-0.15, -0.1) is 29.7 Å². The molecule has 0 spiro atoms. The fraction of sp³-hybridized carbons (Fsp3) is 0.296. The van der Waals surface area contributed by atoms with Crippen LogP contribution in [0.25, 0.3) is 39.0 Å². The number of hydrogen-bond acceptors (Lipinski definition) is 2. The summed E-state index contributed by atoms with van der Waals surface area (Å²) in [6.45, 7) is 34.5. The first-order chi connectivity index (χ1) is 35.8. The maximum atomic E-state index is 6.95. The van der Waals surface area contributed by atoms with E-state index in [2.05, 4.69) is 294 Å². The molecule has 0 aliphatic rings. The molecular weight excluding hydrogens is 1120 g/mol. The normalized spacial score (nSPS) is 12.8. The Morgan fingerprint density at radius 1 is 0.442 bits per heavy atom. The number of benzene rings is 7. The van der Waals surface area contributed by atoms with Crippen molar-refractivity contribution >= 4 is 21.8 Å². The minimum absolute atomic E-state index is 0. The van der Waals surface area contributed by atoms with E-state index in [4.69, 9.17) is 9.72 Å². The van der Waals surface area contributed by atoms with Gasteiger partial charge in [-0.05, 0) is 96.6 Å². The number of nitrogens with zero attached hydrogens (tertiary/aromatic N) is 4. The van der Waals surface area contributed by atoms with Gasteiger partial charge >= 0.3 is 0 Å². The monoisotopic (exact) mass is 1190 g/mol. The summed E-state index contributed by atoms with van der Waals surface area (Å²) in [6.07, 6.45) is 5.94. The van der Waals surface area contributed by atoms with Crippen molar-refractivity contribution in [3.63, 3.8) is 0 Å². The summed E-state index contributed by atoms with van der Waals surface area (Å²) in [5.41, 5.74) is 13.3. The van der Waals surface area contributed by atoms with Gasteiger partial charge in [-0.2, -0.15) is 18.2 Å². The summed E-state index contributed by atoms with van der Waals surface area (Å²) in [6, 6.07) is 68.8. The number of fused-ring (bicyclic) bond motifs is 3. The van der Waals surface area contributed by atoms with Crippen LogP contribution >= 0.6 is 0 Å². The largest absolute Gasteiger partial charge is 0.510 e. The second-order valence-electron chi connectivity index (χ2n) is 25.5. The minimum Gasteiger partial charge on any atom is -0.510 e. The third kappa shape index (κ3) is 10.4. The van der Waals surface area contributed by atoms with Crippen LogP contribution in [0.15, 0.2) is 176 Å². The zero-order chi connectivity index (χ0) is 54.2. The van der Waals surface area contributed by atoms with Crippen LogP contribution in [0.4, 0.5) is 0 Å². The Morgan fingerprint density at radius 2 is 0.987 bits per heavy atom. The van der Waals surface area contributed by atoms with Crippen LogP contribution in [-0.2, 0) is 53.6 Å². The van der Waals surface area contributed by atoms with Gasteiger partial charge in [0.25, 0.3) is 6.33 Å². The summed E-state index contributed by atoms with van der Waals surface area (Å²) in [5.74, 6) is 1.99. The molecule has 0 N–H and O–H groups in total. The van der Waals surface area contributed by atoms with Crippen LogP contribution < -0.4 is 9.30 Å². The first-order valence-corrected chi connectivity index (χ1v) is 27.0. The number of aromatic nitrogens is 4. The van der Waals surface area contributed by atoms with E-state index in [1.165, 1.54) is 38.9 Å². The number of pyridine rings is 1. The van der Waals surface area contributed by atoms with E-state index in [9.17, 15) is 0 Å². The molecular formula is C71H74N4OPt-2. The SMILES string of the molecule is CC(C)(C)c1cc(-[n+]2[c-]n(-c3[c-]c(Oc4[c-]c5c(cc4)c4cc(C(C)(C)c6ccccc6)ccc4n5-c4cc(C(C)(C)C)ccn4)ccc3)c(C(C)(C)c3ccccc3)c2C(C)(C)c2ccccc2)cc(C(C)(C)C)c1.[Pt]. The molecule has 0 saturated carbocycles. The molecule has 10 rings (SSSR count). The minimum atomic E-state index is -0.510. The van der Waals surface area contributed by atoms with Crippen LogP contribution in [0.3, 0.4) is 0 Å². The number of rotatable bonds is 11. The topological polar surface area (TPSA) is 35.9 Å². The molecule has 0 fully saturated rings. The van der Waals surface area contributed by atoms with Crippen molar-refractivity contribution in [3.8, 4) is 28.7 Å². The molecule has 396 valence electrons. The van der Waals surface area contributed by atoms with E-state index in [0.29, 0.717) is 11.5 Å². The van der Waals surface area contributed by atoms with Crippen molar-refractivity contribution in [2.24, 2.45) is 0 Å². The van der Waals surface area contributed by atoms with Gasteiger partial charge in [0.1, 0.15) is 5.82 Å². The average Bonchev–Trinajstić information content (AvgIpc) is 3.99. The van der Waals surface area contributed by atoms with Crippen molar-refractivity contribution in [3.05, 3.63) is 245 Å². The number of ether oxygens (including phenoxy) is 1. The van der Waals surface area contributed by atoms with Gasteiger partial charge in [0.05, 0.1) is 17.1 Å². The molecule has 77 heavy (non-hydrogen) atoms. The first kappa shape index (κ1) is 55.0. The van der Waals surface area contributed by atoms with Gasteiger partial charge < -0.3 is 13.9 Å². The molecule has 7 aromatic carbocycles. The zero-order valence-electron chi connectivity index (χ0n) is 47.8. The standard InChI is InChI=1S/C71H74N4O.Pt/c1-66(2,3)51-38-39-72-63(44-51)75-61-37-34-52(69(10,11)48-26-19-16-20-27-48)43-60(61)59-36-35-58(46-62(59)75)76-57-33-25-32-55(45-57)73-47-74(56-41-53(67(4,5)6)40-54(42-56)68(7,8)9)65(71(14,15)50-30-23-18-24-31-50)64(73)70(12,13)49-28-21-17-22-29-49;/h16-44H,1-15H3;/q-2;. The first-order valence-electron chi connectivity index (χ1n) is 27.0. The van der Waals surface area contributed by atoms with Gasteiger partial charge in [-0.1, -0.05) is 219 Å². The molecule has 3 aromatic heterocycles. The Morgan fingerprint density at radius 3 is 1.56 bits per heavy atom. The van der Waals surface area contributed by atoms with Crippen molar-refractivity contribution in [1.29, 1.82) is 0 Å². The second kappa shape index (κ2) is 20.2. The van der Waals surface area contributed by atoms with Gasteiger partial charge in [0, 0.05) is 60.5 Å². The number of imidazole rings is 1. The maximum Gasteiger partial charge on any atom is 0.267 e.